The minimum Gasteiger partial charge on any atom is -0.259 e. The van der Waals surface area contributed by atoms with Gasteiger partial charge in [-0.1, -0.05) is 11.6 Å². The summed E-state index contributed by atoms with van der Waals surface area (Å²) in [5, 5.41) is 4.85. The second-order valence-electron chi connectivity index (χ2n) is 2.98. The number of aryl methyl sites for hydroxylation is 1. The average Bonchev–Trinajstić information content (AvgIpc) is 2.47. The van der Waals surface area contributed by atoms with E-state index >= 15 is 0 Å². The van der Waals surface area contributed by atoms with Crippen molar-refractivity contribution >= 4 is 11.6 Å². The lowest BCUT2D eigenvalue weighted by Gasteiger charge is -1.99. The summed E-state index contributed by atoms with van der Waals surface area (Å²) in [5.74, 6) is 0.633. The van der Waals surface area contributed by atoms with Crippen LogP contribution in [0.1, 0.15) is 11.3 Å². The Balaban J connectivity index is 2.58. The molecule has 2 rings (SSSR count). The van der Waals surface area contributed by atoms with Crippen LogP contribution < -0.4 is 0 Å². The topological polar surface area (TPSA) is 43.6 Å². The number of halogens is 1. The Morgan fingerprint density at radius 2 is 2.07 bits per heavy atom. The van der Waals surface area contributed by atoms with Crippen LogP contribution in [0.4, 0.5) is 0 Å². The lowest BCUT2D eigenvalue weighted by atomic mass is 10.3. The third-order valence-electron chi connectivity index (χ3n) is 2.05. The van der Waals surface area contributed by atoms with Crippen molar-refractivity contribution in [1.29, 1.82) is 0 Å². The van der Waals surface area contributed by atoms with Gasteiger partial charge in [-0.25, -0.2) is 9.67 Å². The van der Waals surface area contributed by atoms with E-state index in [2.05, 4.69) is 15.1 Å². The first-order valence-corrected chi connectivity index (χ1v) is 4.56. The van der Waals surface area contributed by atoms with Crippen molar-refractivity contribution in [3.05, 3.63) is 35.0 Å². The second-order valence-corrected chi connectivity index (χ2v) is 3.33. The van der Waals surface area contributed by atoms with Gasteiger partial charge in [0.15, 0.2) is 5.82 Å². The second kappa shape index (κ2) is 3.38. The predicted molar refractivity (Wildman–Crippen MR) is 53.6 cm³/mol. The molecular formula is C9H9ClN4. The summed E-state index contributed by atoms with van der Waals surface area (Å²) in [5.41, 5.74) is 1.87. The summed E-state index contributed by atoms with van der Waals surface area (Å²) in [7, 11) is 0. The van der Waals surface area contributed by atoms with Gasteiger partial charge in [-0.05, 0) is 13.8 Å². The quantitative estimate of drug-likeness (QED) is 0.719. The van der Waals surface area contributed by atoms with Crippen LogP contribution in [-0.4, -0.2) is 19.7 Å². The first-order chi connectivity index (χ1) is 6.70. The van der Waals surface area contributed by atoms with E-state index in [-0.39, 0.29) is 0 Å². The van der Waals surface area contributed by atoms with Crippen molar-refractivity contribution in [3.63, 3.8) is 0 Å². The van der Waals surface area contributed by atoms with Crippen LogP contribution in [0.25, 0.3) is 5.82 Å². The SMILES string of the molecule is Cc1nn(-c2cnccn2)c(Cl)c1C. The summed E-state index contributed by atoms with van der Waals surface area (Å²) in [6.45, 7) is 3.84. The van der Waals surface area contributed by atoms with E-state index in [0.717, 1.165) is 11.3 Å². The van der Waals surface area contributed by atoms with Crippen molar-refractivity contribution in [1.82, 2.24) is 19.7 Å². The van der Waals surface area contributed by atoms with Gasteiger partial charge in [0.05, 0.1) is 11.9 Å². The fraction of sp³-hybridized carbons (Fsp3) is 0.222. The lowest BCUT2D eigenvalue weighted by molar-refractivity contribution is 0.825. The van der Waals surface area contributed by atoms with Crippen molar-refractivity contribution in [2.45, 2.75) is 13.8 Å². The lowest BCUT2D eigenvalue weighted by Crippen LogP contribution is -1.99. The van der Waals surface area contributed by atoms with Crippen LogP contribution >= 0.6 is 11.6 Å². The highest BCUT2D eigenvalue weighted by Crippen LogP contribution is 2.20. The maximum Gasteiger partial charge on any atom is 0.173 e. The van der Waals surface area contributed by atoms with E-state index in [1.54, 1.807) is 23.3 Å². The minimum atomic E-state index is 0.586. The van der Waals surface area contributed by atoms with Crippen molar-refractivity contribution in [2.24, 2.45) is 0 Å². The van der Waals surface area contributed by atoms with Crippen LogP contribution in [0.2, 0.25) is 5.15 Å². The number of hydrogen-bond acceptors (Lipinski definition) is 3. The zero-order valence-electron chi connectivity index (χ0n) is 7.90. The normalized spacial score (nSPS) is 10.5. The van der Waals surface area contributed by atoms with Gasteiger partial charge in [-0.2, -0.15) is 5.10 Å². The zero-order chi connectivity index (χ0) is 10.1. The van der Waals surface area contributed by atoms with Crippen LogP contribution in [0.3, 0.4) is 0 Å². The summed E-state index contributed by atoms with van der Waals surface area (Å²) in [6.07, 6.45) is 4.84. The van der Waals surface area contributed by atoms with Gasteiger partial charge in [0.1, 0.15) is 5.15 Å². The molecule has 0 N–H and O–H groups in total. The maximum atomic E-state index is 6.08. The molecule has 2 aromatic heterocycles. The smallest absolute Gasteiger partial charge is 0.173 e. The Kier molecular flexibility index (Phi) is 2.21. The summed E-state index contributed by atoms with van der Waals surface area (Å²) >= 11 is 6.08. The van der Waals surface area contributed by atoms with Crippen LogP contribution in [-0.2, 0) is 0 Å². The molecule has 0 aliphatic rings. The van der Waals surface area contributed by atoms with Crippen molar-refractivity contribution < 1.29 is 0 Å². The minimum absolute atomic E-state index is 0.586. The Morgan fingerprint density at radius 1 is 1.29 bits per heavy atom. The van der Waals surface area contributed by atoms with Gasteiger partial charge >= 0.3 is 0 Å². The highest BCUT2D eigenvalue weighted by molar-refractivity contribution is 6.30. The molecule has 2 heterocycles. The van der Waals surface area contributed by atoms with E-state index in [4.69, 9.17) is 11.6 Å². The molecule has 0 aromatic carbocycles. The summed E-state index contributed by atoms with van der Waals surface area (Å²) in [6, 6.07) is 0. The summed E-state index contributed by atoms with van der Waals surface area (Å²) < 4.78 is 1.58. The molecule has 4 nitrogen and oxygen atoms in total. The molecule has 72 valence electrons. The molecule has 2 aromatic rings. The van der Waals surface area contributed by atoms with E-state index in [0.29, 0.717) is 11.0 Å². The molecule has 0 radical (unpaired) electrons. The number of nitrogens with zero attached hydrogens (tertiary/aromatic N) is 4. The van der Waals surface area contributed by atoms with E-state index in [1.165, 1.54) is 0 Å². The fourth-order valence-corrected chi connectivity index (χ4v) is 1.39. The van der Waals surface area contributed by atoms with Crippen molar-refractivity contribution in [2.75, 3.05) is 0 Å². The van der Waals surface area contributed by atoms with Gasteiger partial charge in [0, 0.05) is 18.0 Å². The molecule has 0 saturated heterocycles. The van der Waals surface area contributed by atoms with Gasteiger partial charge in [-0.15, -0.1) is 0 Å². The molecule has 0 atom stereocenters. The van der Waals surface area contributed by atoms with E-state index in [9.17, 15) is 0 Å². The molecule has 0 spiro atoms. The molecule has 0 unspecified atom stereocenters. The highest BCUT2D eigenvalue weighted by atomic mass is 35.5. The number of hydrogen-bond donors (Lipinski definition) is 0. The number of aromatic nitrogens is 4. The Bertz CT molecular complexity index is 449. The molecule has 0 fully saturated rings. The largest absolute Gasteiger partial charge is 0.259 e. The Hall–Kier alpha value is -1.42. The fourth-order valence-electron chi connectivity index (χ4n) is 1.13. The average molecular weight is 209 g/mol. The Morgan fingerprint density at radius 3 is 2.57 bits per heavy atom. The molecule has 5 heteroatoms. The van der Waals surface area contributed by atoms with Gasteiger partial charge in [-0.3, -0.25) is 4.98 Å². The van der Waals surface area contributed by atoms with Crippen LogP contribution in [0, 0.1) is 13.8 Å². The molecule has 0 aliphatic heterocycles. The van der Waals surface area contributed by atoms with Gasteiger partial charge in [0.2, 0.25) is 0 Å². The molecule has 0 aliphatic carbocycles. The van der Waals surface area contributed by atoms with E-state index < -0.39 is 0 Å². The Labute approximate surface area is 86.6 Å². The van der Waals surface area contributed by atoms with Gasteiger partial charge in [0.25, 0.3) is 0 Å². The van der Waals surface area contributed by atoms with E-state index in [1.807, 2.05) is 13.8 Å². The zero-order valence-corrected chi connectivity index (χ0v) is 8.65. The van der Waals surface area contributed by atoms with Gasteiger partial charge < -0.3 is 0 Å². The first-order valence-electron chi connectivity index (χ1n) is 4.18. The van der Waals surface area contributed by atoms with Crippen LogP contribution in [0.5, 0.6) is 0 Å². The van der Waals surface area contributed by atoms with Crippen molar-refractivity contribution in [3.8, 4) is 5.82 Å². The standard InChI is InChI=1S/C9H9ClN4/c1-6-7(2)13-14(9(6)10)8-5-11-3-4-12-8/h3-5H,1-2H3. The summed E-state index contributed by atoms with van der Waals surface area (Å²) in [4.78, 5) is 8.08. The third-order valence-corrected chi connectivity index (χ3v) is 2.50. The molecule has 0 saturated carbocycles. The predicted octanol–water partition coefficient (Wildman–Crippen LogP) is 1.93. The molecule has 14 heavy (non-hydrogen) atoms. The molecule has 0 amide bonds. The number of rotatable bonds is 1. The monoisotopic (exact) mass is 208 g/mol. The highest BCUT2D eigenvalue weighted by Gasteiger charge is 2.10. The molecular weight excluding hydrogens is 200 g/mol. The first kappa shape index (κ1) is 9.15. The molecule has 0 bridgehead atoms. The maximum absolute atomic E-state index is 6.08. The third kappa shape index (κ3) is 1.37. The van der Waals surface area contributed by atoms with Crippen LogP contribution in [0.15, 0.2) is 18.6 Å².